The number of imidazole rings is 1. The van der Waals surface area contributed by atoms with Crippen LogP contribution in [0.4, 0.5) is 0 Å². The van der Waals surface area contributed by atoms with Gasteiger partial charge in [-0.1, -0.05) is 12.1 Å². The predicted molar refractivity (Wildman–Crippen MR) is 74.4 cm³/mol. The lowest BCUT2D eigenvalue weighted by Gasteiger charge is -2.06. The summed E-state index contributed by atoms with van der Waals surface area (Å²) in [5, 5.41) is 0. The molecule has 1 aromatic heterocycles. The Morgan fingerprint density at radius 3 is 2.72 bits per heavy atom. The van der Waals surface area contributed by atoms with Crippen LogP contribution in [0.25, 0.3) is 0 Å². The van der Waals surface area contributed by atoms with Crippen LogP contribution in [-0.4, -0.2) is 9.55 Å². The van der Waals surface area contributed by atoms with Gasteiger partial charge in [-0.3, -0.25) is 0 Å². The third-order valence-corrected chi connectivity index (χ3v) is 4.28. The molecule has 2 aromatic rings. The van der Waals surface area contributed by atoms with Crippen LogP contribution < -0.4 is 5.73 Å². The summed E-state index contributed by atoms with van der Waals surface area (Å²) in [5.41, 5.74) is 8.10. The van der Waals surface area contributed by atoms with E-state index in [9.17, 15) is 0 Å². The topological polar surface area (TPSA) is 43.8 Å². The first kappa shape index (κ1) is 11.8. The summed E-state index contributed by atoms with van der Waals surface area (Å²) in [7, 11) is 0. The molecule has 0 atom stereocenters. The molecule has 1 aromatic carbocycles. The van der Waals surface area contributed by atoms with Crippen molar-refractivity contribution in [3.63, 3.8) is 0 Å². The maximum Gasteiger partial charge on any atom is 0.0951 e. The van der Waals surface area contributed by atoms with Crippen LogP contribution >= 0.6 is 11.8 Å². The zero-order chi connectivity index (χ0) is 12.4. The summed E-state index contributed by atoms with van der Waals surface area (Å²) < 4.78 is 2.32. The second-order valence-electron chi connectivity index (χ2n) is 4.66. The molecule has 0 amide bonds. The van der Waals surface area contributed by atoms with E-state index in [-0.39, 0.29) is 0 Å². The summed E-state index contributed by atoms with van der Waals surface area (Å²) in [6.45, 7) is 0.611. The Labute approximate surface area is 111 Å². The number of thioether (sulfide) groups is 1. The van der Waals surface area contributed by atoms with E-state index >= 15 is 0 Å². The molecule has 1 aliphatic carbocycles. The molecule has 1 heterocycles. The number of hydrogen-bond donors (Lipinski definition) is 1. The van der Waals surface area contributed by atoms with Crippen LogP contribution in [0.2, 0.25) is 0 Å². The molecule has 1 fully saturated rings. The summed E-state index contributed by atoms with van der Waals surface area (Å²) in [6.07, 6.45) is 6.56. The van der Waals surface area contributed by atoms with Gasteiger partial charge in [0.2, 0.25) is 0 Å². The molecule has 1 aliphatic rings. The van der Waals surface area contributed by atoms with Crippen LogP contribution in [0.5, 0.6) is 0 Å². The number of hydrogen-bond acceptors (Lipinski definition) is 3. The molecule has 94 valence electrons. The molecule has 0 spiro atoms. The normalized spacial score (nSPS) is 14.9. The Morgan fingerprint density at radius 2 is 2.06 bits per heavy atom. The first-order chi connectivity index (χ1) is 8.86. The zero-order valence-corrected chi connectivity index (χ0v) is 11.1. The lowest BCUT2D eigenvalue weighted by molar-refractivity contribution is 0.714. The van der Waals surface area contributed by atoms with Gasteiger partial charge in [0.15, 0.2) is 0 Å². The fraction of sp³-hybridized carbons (Fsp3) is 0.357. The quantitative estimate of drug-likeness (QED) is 0.840. The third-order valence-electron chi connectivity index (χ3n) is 3.23. The number of benzene rings is 1. The molecule has 4 heteroatoms. The summed E-state index contributed by atoms with van der Waals surface area (Å²) in [5.74, 6) is 0.985. The van der Waals surface area contributed by atoms with Crippen LogP contribution in [0.1, 0.15) is 30.1 Å². The fourth-order valence-corrected chi connectivity index (χ4v) is 2.87. The molecule has 2 N–H and O–H groups in total. The fourth-order valence-electron chi connectivity index (χ4n) is 2.00. The Kier molecular flexibility index (Phi) is 3.39. The predicted octanol–water partition coefficient (Wildman–Crippen LogP) is 2.97. The van der Waals surface area contributed by atoms with Crippen molar-refractivity contribution in [3.8, 4) is 0 Å². The van der Waals surface area contributed by atoms with E-state index in [0.717, 1.165) is 5.75 Å². The van der Waals surface area contributed by atoms with Gasteiger partial charge in [-0.05, 0) is 30.5 Å². The first-order valence-corrected chi connectivity index (χ1v) is 7.28. The minimum atomic E-state index is 0.611. The highest BCUT2D eigenvalue weighted by molar-refractivity contribution is 7.98. The lowest BCUT2D eigenvalue weighted by Crippen LogP contribution is -1.97. The second kappa shape index (κ2) is 5.16. The van der Waals surface area contributed by atoms with Crippen molar-refractivity contribution in [2.75, 3.05) is 0 Å². The van der Waals surface area contributed by atoms with Gasteiger partial charge < -0.3 is 10.3 Å². The Hall–Kier alpha value is -1.26. The van der Waals surface area contributed by atoms with Gasteiger partial charge in [0.05, 0.1) is 6.33 Å². The number of nitrogens with zero attached hydrogens (tertiary/aromatic N) is 2. The largest absolute Gasteiger partial charge is 0.331 e. The van der Waals surface area contributed by atoms with Gasteiger partial charge in [-0.2, -0.15) is 0 Å². The molecule has 0 radical (unpaired) electrons. The van der Waals surface area contributed by atoms with Gasteiger partial charge in [0, 0.05) is 35.1 Å². The molecule has 0 aliphatic heterocycles. The Bertz CT molecular complexity index is 514. The molecule has 18 heavy (non-hydrogen) atoms. The van der Waals surface area contributed by atoms with Gasteiger partial charge >= 0.3 is 0 Å². The Balaban J connectivity index is 1.64. The summed E-state index contributed by atoms with van der Waals surface area (Å²) in [4.78, 5) is 5.54. The molecule has 0 unspecified atom stereocenters. The van der Waals surface area contributed by atoms with E-state index < -0.39 is 0 Å². The molecular formula is C14H17N3S. The van der Waals surface area contributed by atoms with Gasteiger partial charge in [-0.15, -0.1) is 11.8 Å². The van der Waals surface area contributed by atoms with E-state index in [1.807, 2.05) is 24.3 Å². The SMILES string of the molecule is NCc1ccc(SCc2cncn2C2CC2)cc1. The van der Waals surface area contributed by atoms with E-state index in [0.29, 0.717) is 12.6 Å². The smallest absolute Gasteiger partial charge is 0.0951 e. The highest BCUT2D eigenvalue weighted by atomic mass is 32.2. The van der Waals surface area contributed by atoms with Crippen LogP contribution in [0.15, 0.2) is 41.7 Å². The van der Waals surface area contributed by atoms with E-state index in [2.05, 4.69) is 33.8 Å². The second-order valence-corrected chi connectivity index (χ2v) is 5.71. The summed E-state index contributed by atoms with van der Waals surface area (Å²) >= 11 is 1.86. The average molecular weight is 259 g/mol. The van der Waals surface area contributed by atoms with Crippen molar-refractivity contribution >= 4 is 11.8 Å². The average Bonchev–Trinajstić information content (AvgIpc) is 3.16. The van der Waals surface area contributed by atoms with Gasteiger partial charge in [0.25, 0.3) is 0 Å². The van der Waals surface area contributed by atoms with E-state index in [1.165, 1.54) is 29.0 Å². The van der Waals surface area contributed by atoms with Crippen molar-refractivity contribution in [1.82, 2.24) is 9.55 Å². The van der Waals surface area contributed by atoms with Gasteiger partial charge in [-0.25, -0.2) is 4.98 Å². The minimum absolute atomic E-state index is 0.611. The molecule has 1 saturated carbocycles. The van der Waals surface area contributed by atoms with Crippen molar-refractivity contribution in [2.45, 2.75) is 36.1 Å². The lowest BCUT2D eigenvalue weighted by atomic mass is 10.2. The van der Waals surface area contributed by atoms with Crippen molar-refractivity contribution < 1.29 is 0 Å². The molecule has 0 saturated heterocycles. The van der Waals surface area contributed by atoms with Crippen LogP contribution in [0, 0.1) is 0 Å². The van der Waals surface area contributed by atoms with Gasteiger partial charge in [0.1, 0.15) is 0 Å². The maximum absolute atomic E-state index is 5.59. The maximum atomic E-state index is 5.59. The number of aromatic nitrogens is 2. The molecule has 0 bridgehead atoms. The highest BCUT2D eigenvalue weighted by Crippen LogP contribution is 2.36. The molecule has 3 rings (SSSR count). The zero-order valence-electron chi connectivity index (χ0n) is 10.2. The van der Waals surface area contributed by atoms with E-state index in [1.54, 1.807) is 0 Å². The van der Waals surface area contributed by atoms with Crippen molar-refractivity contribution in [1.29, 1.82) is 0 Å². The van der Waals surface area contributed by atoms with E-state index in [4.69, 9.17) is 5.73 Å². The number of rotatable bonds is 5. The number of nitrogens with two attached hydrogens (primary N) is 1. The minimum Gasteiger partial charge on any atom is -0.331 e. The molecule has 3 nitrogen and oxygen atoms in total. The first-order valence-electron chi connectivity index (χ1n) is 6.29. The molecular weight excluding hydrogens is 242 g/mol. The monoisotopic (exact) mass is 259 g/mol. The van der Waals surface area contributed by atoms with Crippen molar-refractivity contribution in [2.24, 2.45) is 5.73 Å². The summed E-state index contributed by atoms with van der Waals surface area (Å²) in [6, 6.07) is 9.19. The Morgan fingerprint density at radius 1 is 1.28 bits per heavy atom. The highest BCUT2D eigenvalue weighted by Gasteiger charge is 2.24. The standard InChI is InChI=1S/C14H17N3S/c15-7-11-1-5-14(6-2-11)18-9-13-8-16-10-17(13)12-3-4-12/h1-2,5-6,8,10,12H,3-4,7,9,15H2. The van der Waals surface area contributed by atoms with Crippen molar-refractivity contribution in [3.05, 3.63) is 48.0 Å². The van der Waals surface area contributed by atoms with Crippen LogP contribution in [0.3, 0.4) is 0 Å². The third kappa shape index (κ3) is 2.60. The van der Waals surface area contributed by atoms with Crippen LogP contribution in [-0.2, 0) is 12.3 Å².